The molecule has 0 saturated carbocycles. The molecular formula is C30H30F2O4. The van der Waals surface area contributed by atoms with Crippen molar-refractivity contribution in [3.05, 3.63) is 89.0 Å². The summed E-state index contributed by atoms with van der Waals surface area (Å²) in [6, 6.07) is 14.8. The van der Waals surface area contributed by atoms with Gasteiger partial charge in [0.2, 0.25) is 0 Å². The van der Waals surface area contributed by atoms with Crippen molar-refractivity contribution in [2.75, 3.05) is 7.11 Å². The van der Waals surface area contributed by atoms with E-state index < -0.39 is 17.6 Å². The molecule has 0 aliphatic heterocycles. The summed E-state index contributed by atoms with van der Waals surface area (Å²) >= 11 is 0. The number of benzene rings is 3. The number of halogens is 2. The molecule has 3 aromatic rings. The standard InChI is InChI=1S/C30H30F2O4/c1-30(2)13-5-8-25(30)23-15-20(18-36-22-7-4-6-19(14-22)9-12-28(33)34)16-27(32)29(23)24-17-21(35-3)10-11-26(24)31/h4,6-8,10-11,14-17H,5,9,12-13,18H2,1-3H3,(H,33,34). The molecule has 6 heteroatoms. The molecule has 3 aromatic carbocycles. The van der Waals surface area contributed by atoms with Gasteiger partial charge in [0.05, 0.1) is 7.11 Å². The average molecular weight is 493 g/mol. The molecule has 4 nitrogen and oxygen atoms in total. The van der Waals surface area contributed by atoms with Gasteiger partial charge in [-0.1, -0.05) is 32.1 Å². The van der Waals surface area contributed by atoms with E-state index >= 15 is 4.39 Å². The van der Waals surface area contributed by atoms with Crippen molar-refractivity contribution < 1.29 is 28.2 Å². The Morgan fingerprint density at radius 2 is 1.78 bits per heavy atom. The number of allylic oxidation sites excluding steroid dienone is 2. The summed E-state index contributed by atoms with van der Waals surface area (Å²) in [6.07, 6.45) is 4.33. The first-order chi connectivity index (χ1) is 17.2. The van der Waals surface area contributed by atoms with Gasteiger partial charge in [-0.25, -0.2) is 8.78 Å². The third-order valence-corrected chi connectivity index (χ3v) is 6.66. The SMILES string of the molecule is COc1ccc(F)c(-c2c(F)cc(COc3cccc(CCC(=O)O)c3)cc2C2=CCCC2(C)C)c1. The van der Waals surface area contributed by atoms with Crippen LogP contribution in [0.5, 0.6) is 11.5 Å². The summed E-state index contributed by atoms with van der Waals surface area (Å²) in [5.41, 5.74) is 3.29. The largest absolute Gasteiger partial charge is 0.497 e. The van der Waals surface area contributed by atoms with Crippen molar-refractivity contribution in [1.82, 2.24) is 0 Å². The number of hydrogen-bond donors (Lipinski definition) is 1. The Morgan fingerprint density at radius 1 is 0.972 bits per heavy atom. The molecule has 0 bridgehead atoms. The number of ether oxygens (including phenoxy) is 2. The molecule has 0 unspecified atom stereocenters. The first kappa shape index (κ1) is 25.4. The lowest BCUT2D eigenvalue weighted by Crippen LogP contribution is -2.11. The summed E-state index contributed by atoms with van der Waals surface area (Å²) in [5, 5.41) is 8.92. The van der Waals surface area contributed by atoms with E-state index in [2.05, 4.69) is 19.9 Å². The Kier molecular flexibility index (Phi) is 7.43. The summed E-state index contributed by atoms with van der Waals surface area (Å²) in [7, 11) is 1.49. The third kappa shape index (κ3) is 5.59. The number of carbonyl (C=O) groups is 1. The number of carboxylic acids is 1. The second-order valence-corrected chi connectivity index (χ2v) is 9.72. The molecule has 0 saturated heterocycles. The minimum Gasteiger partial charge on any atom is -0.497 e. The van der Waals surface area contributed by atoms with Crippen molar-refractivity contribution in [3.63, 3.8) is 0 Å². The lowest BCUT2D eigenvalue weighted by atomic mass is 9.79. The van der Waals surface area contributed by atoms with Crippen LogP contribution in [0.15, 0.2) is 60.7 Å². The second kappa shape index (κ2) is 10.5. The first-order valence-corrected chi connectivity index (χ1v) is 12.0. The lowest BCUT2D eigenvalue weighted by molar-refractivity contribution is -0.136. The fourth-order valence-electron chi connectivity index (χ4n) is 4.73. The molecular weight excluding hydrogens is 462 g/mol. The summed E-state index contributed by atoms with van der Waals surface area (Å²) in [5.74, 6) is -0.887. The molecule has 0 radical (unpaired) electrons. The lowest BCUT2D eigenvalue weighted by Gasteiger charge is -2.26. The van der Waals surface area contributed by atoms with Gasteiger partial charge in [0.25, 0.3) is 0 Å². The third-order valence-electron chi connectivity index (χ3n) is 6.66. The highest BCUT2D eigenvalue weighted by molar-refractivity contribution is 5.85. The maximum atomic E-state index is 15.7. The van der Waals surface area contributed by atoms with E-state index in [0.717, 1.165) is 24.0 Å². The van der Waals surface area contributed by atoms with Gasteiger partial charge in [0, 0.05) is 17.5 Å². The predicted molar refractivity (Wildman–Crippen MR) is 136 cm³/mol. The number of methoxy groups -OCH3 is 1. The zero-order valence-electron chi connectivity index (χ0n) is 20.7. The Balaban J connectivity index is 1.71. The topological polar surface area (TPSA) is 55.8 Å². The molecule has 0 fully saturated rings. The van der Waals surface area contributed by atoms with Gasteiger partial charge in [0.15, 0.2) is 0 Å². The van der Waals surface area contributed by atoms with Crippen LogP contribution in [0, 0.1) is 17.0 Å². The Hall–Kier alpha value is -3.67. The van der Waals surface area contributed by atoms with Crippen LogP contribution >= 0.6 is 0 Å². The quantitative estimate of drug-likeness (QED) is 0.337. The minimum atomic E-state index is -0.860. The van der Waals surface area contributed by atoms with E-state index in [9.17, 15) is 9.18 Å². The van der Waals surface area contributed by atoms with Crippen LogP contribution in [0.3, 0.4) is 0 Å². The van der Waals surface area contributed by atoms with Gasteiger partial charge in [-0.3, -0.25) is 4.79 Å². The fraction of sp³-hybridized carbons (Fsp3) is 0.300. The molecule has 1 N–H and O–H groups in total. The van der Waals surface area contributed by atoms with Gasteiger partial charge in [0.1, 0.15) is 29.7 Å². The van der Waals surface area contributed by atoms with Crippen LogP contribution in [-0.2, 0) is 17.8 Å². The van der Waals surface area contributed by atoms with Crippen molar-refractivity contribution in [2.24, 2.45) is 5.41 Å². The molecule has 188 valence electrons. The average Bonchev–Trinajstić information content (AvgIpc) is 3.20. The summed E-state index contributed by atoms with van der Waals surface area (Å²) in [6.45, 7) is 4.34. The maximum Gasteiger partial charge on any atom is 0.303 e. The van der Waals surface area contributed by atoms with E-state index in [4.69, 9.17) is 14.6 Å². The van der Waals surface area contributed by atoms with E-state index in [-0.39, 0.29) is 29.6 Å². The zero-order chi connectivity index (χ0) is 25.9. The van der Waals surface area contributed by atoms with Crippen LogP contribution in [0.2, 0.25) is 0 Å². The van der Waals surface area contributed by atoms with Crippen LogP contribution in [0.25, 0.3) is 16.7 Å². The number of rotatable bonds is 9. The van der Waals surface area contributed by atoms with E-state index in [1.165, 1.54) is 31.4 Å². The number of aryl methyl sites for hydroxylation is 1. The fourth-order valence-corrected chi connectivity index (χ4v) is 4.73. The number of carboxylic acid groups (broad SMARTS) is 1. The van der Waals surface area contributed by atoms with Crippen molar-refractivity contribution in [3.8, 4) is 22.6 Å². The molecule has 0 aromatic heterocycles. The first-order valence-electron chi connectivity index (χ1n) is 12.0. The second-order valence-electron chi connectivity index (χ2n) is 9.72. The smallest absolute Gasteiger partial charge is 0.303 e. The van der Waals surface area contributed by atoms with Crippen LogP contribution in [0.4, 0.5) is 8.78 Å². The molecule has 36 heavy (non-hydrogen) atoms. The van der Waals surface area contributed by atoms with Crippen LogP contribution in [-0.4, -0.2) is 18.2 Å². The van der Waals surface area contributed by atoms with Crippen molar-refractivity contribution >= 4 is 11.5 Å². The highest BCUT2D eigenvalue weighted by atomic mass is 19.1. The number of hydrogen-bond acceptors (Lipinski definition) is 3. The Morgan fingerprint density at radius 3 is 2.47 bits per heavy atom. The van der Waals surface area contributed by atoms with Crippen LogP contribution < -0.4 is 9.47 Å². The Labute approximate surface area is 210 Å². The molecule has 1 aliphatic rings. The summed E-state index contributed by atoms with van der Waals surface area (Å²) < 4.78 is 41.9. The normalized spacial score (nSPS) is 14.4. The van der Waals surface area contributed by atoms with E-state index in [1.54, 1.807) is 18.2 Å². The van der Waals surface area contributed by atoms with Gasteiger partial charge >= 0.3 is 5.97 Å². The predicted octanol–water partition coefficient (Wildman–Crippen LogP) is 7.44. The Bertz CT molecular complexity index is 1310. The summed E-state index contributed by atoms with van der Waals surface area (Å²) in [4.78, 5) is 10.9. The monoisotopic (exact) mass is 492 g/mol. The van der Waals surface area contributed by atoms with Gasteiger partial charge in [-0.05, 0) is 89.4 Å². The van der Waals surface area contributed by atoms with Gasteiger partial charge < -0.3 is 14.6 Å². The van der Waals surface area contributed by atoms with Gasteiger partial charge in [-0.15, -0.1) is 0 Å². The molecule has 4 rings (SSSR count). The van der Waals surface area contributed by atoms with Crippen LogP contribution in [0.1, 0.15) is 49.8 Å². The molecule has 0 heterocycles. The maximum absolute atomic E-state index is 15.7. The van der Waals surface area contributed by atoms with Crippen molar-refractivity contribution in [1.29, 1.82) is 0 Å². The number of aliphatic carboxylic acids is 1. The van der Waals surface area contributed by atoms with E-state index in [1.807, 2.05) is 12.1 Å². The molecule has 0 spiro atoms. The van der Waals surface area contributed by atoms with E-state index in [0.29, 0.717) is 29.0 Å². The highest BCUT2D eigenvalue weighted by Crippen LogP contribution is 2.48. The van der Waals surface area contributed by atoms with Crippen molar-refractivity contribution in [2.45, 2.75) is 46.1 Å². The highest BCUT2D eigenvalue weighted by Gasteiger charge is 2.31. The molecule has 0 amide bonds. The molecule has 0 atom stereocenters. The molecule has 1 aliphatic carbocycles. The zero-order valence-corrected chi connectivity index (χ0v) is 20.7. The minimum absolute atomic E-state index is 0.0330. The van der Waals surface area contributed by atoms with Gasteiger partial charge in [-0.2, -0.15) is 0 Å².